The van der Waals surface area contributed by atoms with E-state index in [-0.39, 0.29) is 23.7 Å². The monoisotopic (exact) mass is 487 g/mol. The maximum Gasteiger partial charge on any atom is 0.232 e. The number of hydrogen-bond donors (Lipinski definition) is 0. The van der Waals surface area contributed by atoms with E-state index < -0.39 is 5.92 Å². The third-order valence-electron chi connectivity index (χ3n) is 7.03. The lowest BCUT2D eigenvalue weighted by molar-refractivity contribution is -0.124. The van der Waals surface area contributed by atoms with Gasteiger partial charge in [0, 0.05) is 53.7 Å². The van der Waals surface area contributed by atoms with Gasteiger partial charge in [-0.15, -0.1) is 0 Å². The Morgan fingerprint density at radius 3 is 2.80 bits per heavy atom. The number of halogens is 1. The summed E-state index contributed by atoms with van der Waals surface area (Å²) < 4.78 is 2.04. The number of carbonyl (C=O) groups is 2. The van der Waals surface area contributed by atoms with Gasteiger partial charge in [0.2, 0.25) is 11.8 Å². The average molecular weight is 488 g/mol. The molecular weight excluding hydrogens is 462 g/mol. The topological polar surface area (TPSA) is 82.2 Å². The number of aryl methyl sites for hydroxylation is 1. The number of rotatable bonds is 4. The lowest BCUT2D eigenvalue weighted by Gasteiger charge is -2.24. The highest BCUT2D eigenvalue weighted by Gasteiger charge is 2.44. The van der Waals surface area contributed by atoms with Crippen LogP contribution in [0.15, 0.2) is 48.8 Å². The highest BCUT2D eigenvalue weighted by molar-refractivity contribution is 6.31. The Hall–Kier alpha value is -3.63. The molecule has 2 amide bonds. The first-order chi connectivity index (χ1) is 16.7. The average Bonchev–Trinajstić information content (AvgIpc) is 3.49. The summed E-state index contributed by atoms with van der Waals surface area (Å²) in [5, 5.41) is 9.80. The van der Waals surface area contributed by atoms with Gasteiger partial charge in [-0.25, -0.2) is 4.98 Å². The van der Waals surface area contributed by atoms with E-state index in [1.54, 1.807) is 40.3 Å². The number of nitrogens with zero attached hydrogens (tertiary/aromatic N) is 5. The van der Waals surface area contributed by atoms with Crippen molar-refractivity contribution < 1.29 is 9.59 Å². The van der Waals surface area contributed by atoms with Gasteiger partial charge in [-0.1, -0.05) is 31.5 Å². The van der Waals surface area contributed by atoms with E-state index in [4.69, 9.17) is 11.6 Å². The van der Waals surface area contributed by atoms with Crippen molar-refractivity contribution >= 4 is 34.8 Å². The van der Waals surface area contributed by atoms with Crippen molar-refractivity contribution in [1.82, 2.24) is 9.55 Å². The molecule has 7 nitrogen and oxygen atoms in total. The molecule has 5 rings (SSSR count). The summed E-state index contributed by atoms with van der Waals surface area (Å²) in [7, 11) is 0. The van der Waals surface area contributed by atoms with Crippen LogP contribution in [0.2, 0.25) is 5.02 Å². The van der Waals surface area contributed by atoms with Gasteiger partial charge in [-0.2, -0.15) is 5.26 Å². The van der Waals surface area contributed by atoms with Crippen molar-refractivity contribution in [2.75, 3.05) is 22.9 Å². The molecule has 0 spiro atoms. The predicted octanol–water partition coefficient (Wildman–Crippen LogP) is 4.44. The lowest BCUT2D eigenvalue weighted by atomic mass is 9.86. The molecule has 2 aliphatic heterocycles. The predicted molar refractivity (Wildman–Crippen MR) is 135 cm³/mol. The zero-order chi connectivity index (χ0) is 24.9. The summed E-state index contributed by atoms with van der Waals surface area (Å²) in [6.45, 7) is 7.63. The van der Waals surface area contributed by atoms with Crippen LogP contribution in [0.3, 0.4) is 0 Å². The van der Waals surface area contributed by atoms with E-state index >= 15 is 0 Å². The first-order valence-electron chi connectivity index (χ1n) is 11.6. The second kappa shape index (κ2) is 8.54. The van der Waals surface area contributed by atoms with Gasteiger partial charge < -0.3 is 14.4 Å². The van der Waals surface area contributed by atoms with Gasteiger partial charge in [0.1, 0.15) is 5.82 Å². The maximum atomic E-state index is 13.7. The number of imidazole rings is 1. The van der Waals surface area contributed by atoms with Gasteiger partial charge in [0.15, 0.2) is 0 Å². The Labute approximate surface area is 209 Å². The summed E-state index contributed by atoms with van der Waals surface area (Å²) in [5.74, 6) is 0.273. The van der Waals surface area contributed by atoms with Crippen molar-refractivity contribution in [3.8, 4) is 6.07 Å². The highest BCUT2D eigenvalue weighted by atomic mass is 35.5. The standard InChI is InChI=1S/C27H26ClN5O2/c1-17-30-7-8-31(17)14-19-10-22-24(12-23(19)28)33(16-27(22,2)3)26(35)20-11-25(34)32(15-20)21-6-4-5-18(9-21)13-29/h4-10,12,20H,11,14-16H2,1-3H3/t20-/m0/s1. The van der Waals surface area contributed by atoms with Crippen molar-refractivity contribution in [3.63, 3.8) is 0 Å². The molecule has 0 saturated carbocycles. The van der Waals surface area contributed by atoms with Gasteiger partial charge in [0.25, 0.3) is 0 Å². The Morgan fingerprint density at radius 2 is 2.09 bits per heavy atom. The van der Waals surface area contributed by atoms with E-state index in [1.165, 1.54) is 0 Å². The van der Waals surface area contributed by atoms with Crippen LogP contribution in [0, 0.1) is 24.2 Å². The number of hydrogen-bond acceptors (Lipinski definition) is 4. The molecule has 1 saturated heterocycles. The summed E-state index contributed by atoms with van der Waals surface area (Å²) in [4.78, 5) is 34.2. The van der Waals surface area contributed by atoms with Crippen LogP contribution in [-0.2, 0) is 21.5 Å². The van der Waals surface area contributed by atoms with Crippen LogP contribution in [-0.4, -0.2) is 34.5 Å². The fraction of sp³-hybridized carbons (Fsp3) is 0.333. The van der Waals surface area contributed by atoms with Gasteiger partial charge in [0.05, 0.1) is 24.1 Å². The quantitative estimate of drug-likeness (QED) is 0.544. The van der Waals surface area contributed by atoms with Crippen molar-refractivity contribution in [2.24, 2.45) is 5.92 Å². The maximum absolute atomic E-state index is 13.7. The molecule has 1 aromatic heterocycles. The number of carbonyl (C=O) groups excluding carboxylic acids is 2. The lowest BCUT2D eigenvalue weighted by Crippen LogP contribution is -2.39. The summed E-state index contributed by atoms with van der Waals surface area (Å²) in [6.07, 6.45) is 3.84. The summed E-state index contributed by atoms with van der Waals surface area (Å²) in [5.41, 5.74) is 3.75. The molecule has 3 aromatic rings. The van der Waals surface area contributed by atoms with Crippen molar-refractivity contribution in [1.29, 1.82) is 5.26 Å². The first kappa shape index (κ1) is 23.1. The third-order valence-corrected chi connectivity index (χ3v) is 7.38. The Kier molecular flexibility index (Phi) is 5.65. The van der Waals surface area contributed by atoms with Crippen LogP contribution >= 0.6 is 11.6 Å². The molecule has 0 N–H and O–H groups in total. The smallest absolute Gasteiger partial charge is 0.232 e. The van der Waals surface area contributed by atoms with Gasteiger partial charge >= 0.3 is 0 Å². The molecule has 8 heteroatoms. The number of amides is 2. The van der Waals surface area contributed by atoms with Crippen molar-refractivity contribution in [2.45, 2.75) is 39.2 Å². The Bertz CT molecular complexity index is 1390. The molecule has 35 heavy (non-hydrogen) atoms. The summed E-state index contributed by atoms with van der Waals surface area (Å²) >= 11 is 6.69. The zero-order valence-electron chi connectivity index (χ0n) is 20.0. The molecule has 2 aromatic carbocycles. The van der Waals surface area contributed by atoms with E-state index in [0.29, 0.717) is 35.9 Å². The number of benzene rings is 2. The van der Waals surface area contributed by atoms with E-state index in [0.717, 1.165) is 22.6 Å². The van der Waals surface area contributed by atoms with E-state index in [2.05, 4.69) is 31.0 Å². The fourth-order valence-corrected chi connectivity index (χ4v) is 5.31. The molecule has 2 aliphatic rings. The van der Waals surface area contributed by atoms with Crippen molar-refractivity contribution in [3.05, 3.63) is 76.3 Å². The normalized spacial score (nSPS) is 18.6. The molecule has 0 bridgehead atoms. The molecule has 1 atom stereocenters. The van der Waals surface area contributed by atoms with Crippen LogP contribution < -0.4 is 9.80 Å². The third kappa shape index (κ3) is 4.08. The first-order valence-corrected chi connectivity index (χ1v) is 12.0. The molecule has 0 radical (unpaired) electrons. The van der Waals surface area contributed by atoms with E-state index in [9.17, 15) is 14.9 Å². The van der Waals surface area contributed by atoms with Crippen LogP contribution in [0.4, 0.5) is 11.4 Å². The molecule has 0 unspecified atom stereocenters. The molecule has 3 heterocycles. The molecule has 178 valence electrons. The minimum Gasteiger partial charge on any atom is -0.331 e. The highest BCUT2D eigenvalue weighted by Crippen LogP contribution is 2.44. The minimum atomic E-state index is -0.456. The minimum absolute atomic E-state index is 0.0709. The number of nitriles is 1. The zero-order valence-corrected chi connectivity index (χ0v) is 20.7. The molecule has 0 aliphatic carbocycles. The number of anilines is 2. The van der Waals surface area contributed by atoms with Gasteiger partial charge in [-0.05, 0) is 48.4 Å². The van der Waals surface area contributed by atoms with Crippen LogP contribution in [0.25, 0.3) is 0 Å². The second-order valence-corrected chi connectivity index (χ2v) is 10.3. The SMILES string of the molecule is Cc1nccn1Cc1cc2c(cc1Cl)N(C(=O)[C@H]1CC(=O)N(c3cccc(C#N)c3)C1)CC2(C)C. The Morgan fingerprint density at radius 1 is 1.29 bits per heavy atom. The summed E-state index contributed by atoms with van der Waals surface area (Å²) in [6, 6.07) is 13.0. The largest absolute Gasteiger partial charge is 0.331 e. The molecular formula is C27H26ClN5O2. The Balaban J connectivity index is 1.41. The fourth-order valence-electron chi connectivity index (χ4n) is 5.10. The van der Waals surface area contributed by atoms with Crippen LogP contribution in [0.1, 0.15) is 42.8 Å². The second-order valence-electron chi connectivity index (χ2n) is 9.94. The molecule has 1 fully saturated rings. The van der Waals surface area contributed by atoms with E-state index in [1.807, 2.05) is 23.8 Å². The van der Waals surface area contributed by atoms with Gasteiger partial charge in [-0.3, -0.25) is 9.59 Å². The number of fused-ring (bicyclic) bond motifs is 1. The number of aromatic nitrogens is 2. The van der Waals surface area contributed by atoms with Crippen LogP contribution in [0.5, 0.6) is 0 Å².